The fraction of sp³-hybridized carbons (Fsp3) is 0.227. The molecule has 3 aromatic rings. The first-order valence-corrected chi connectivity index (χ1v) is 9.81. The van der Waals surface area contributed by atoms with Crippen molar-refractivity contribution >= 4 is 17.8 Å². The number of rotatable bonds is 6. The molecule has 0 atom stereocenters. The number of carbonyl (C=O) groups is 3. The number of fused-ring (bicyclic) bond motifs is 1. The summed E-state index contributed by atoms with van der Waals surface area (Å²) in [4.78, 5) is 42.2. The monoisotopic (exact) mass is 402 g/mol. The standard InChI is InChI=1S/C22H18N4O4/c27-19(30-26-21(28)16-8-4-5-9-17(16)22(26)29)13-12-18-23-24-20(14-10-11-14)25(18)15-6-2-1-3-7-15/h1-9,14H,10-13H2. The van der Waals surface area contributed by atoms with Crippen LogP contribution in [0.25, 0.3) is 5.69 Å². The van der Waals surface area contributed by atoms with E-state index in [0.29, 0.717) is 16.8 Å². The minimum Gasteiger partial charge on any atom is -0.330 e. The summed E-state index contributed by atoms with van der Waals surface area (Å²) in [5, 5.41) is 9.14. The molecule has 1 aliphatic heterocycles. The van der Waals surface area contributed by atoms with Crippen molar-refractivity contribution in [3.8, 4) is 5.69 Å². The molecule has 0 N–H and O–H groups in total. The van der Waals surface area contributed by atoms with Gasteiger partial charge in [-0.25, -0.2) is 4.79 Å². The summed E-state index contributed by atoms with van der Waals surface area (Å²) >= 11 is 0. The van der Waals surface area contributed by atoms with Crippen LogP contribution in [0.1, 0.15) is 57.5 Å². The van der Waals surface area contributed by atoms with Crippen LogP contribution >= 0.6 is 0 Å². The zero-order valence-electron chi connectivity index (χ0n) is 16.0. The lowest BCUT2D eigenvalue weighted by molar-refractivity contribution is -0.168. The molecule has 0 radical (unpaired) electrons. The summed E-state index contributed by atoms with van der Waals surface area (Å²) in [5.41, 5.74) is 1.40. The second-order valence-electron chi connectivity index (χ2n) is 7.33. The van der Waals surface area contributed by atoms with Gasteiger partial charge in [-0.15, -0.1) is 10.2 Å². The fourth-order valence-corrected chi connectivity index (χ4v) is 3.57. The lowest BCUT2D eigenvalue weighted by Gasteiger charge is -2.13. The number of hydroxylamine groups is 2. The molecule has 1 fully saturated rings. The Kier molecular flexibility index (Phi) is 4.39. The predicted octanol–water partition coefficient (Wildman–Crippen LogP) is 2.83. The number of hydrogen-bond donors (Lipinski definition) is 0. The van der Waals surface area contributed by atoms with Gasteiger partial charge in [0.25, 0.3) is 11.8 Å². The highest BCUT2D eigenvalue weighted by Crippen LogP contribution is 2.40. The van der Waals surface area contributed by atoms with Gasteiger partial charge in [0.05, 0.1) is 17.5 Å². The first-order chi connectivity index (χ1) is 14.6. The van der Waals surface area contributed by atoms with Crippen LogP contribution in [-0.4, -0.2) is 37.6 Å². The van der Waals surface area contributed by atoms with Crippen LogP contribution in [-0.2, 0) is 16.1 Å². The van der Waals surface area contributed by atoms with Crippen LogP contribution in [0, 0.1) is 0 Å². The van der Waals surface area contributed by atoms with Crippen LogP contribution < -0.4 is 0 Å². The number of imide groups is 1. The molecule has 150 valence electrons. The molecule has 2 amide bonds. The molecule has 2 aromatic carbocycles. The van der Waals surface area contributed by atoms with Gasteiger partial charge in [0.1, 0.15) is 11.6 Å². The smallest absolute Gasteiger partial charge is 0.330 e. The minimum atomic E-state index is -0.680. The molecule has 1 aliphatic carbocycles. The van der Waals surface area contributed by atoms with Gasteiger partial charge in [-0.05, 0) is 37.1 Å². The first kappa shape index (κ1) is 18.2. The Morgan fingerprint density at radius 1 is 0.933 bits per heavy atom. The number of hydrogen-bond acceptors (Lipinski definition) is 6. The number of nitrogens with zero attached hydrogens (tertiary/aromatic N) is 4. The Morgan fingerprint density at radius 3 is 2.20 bits per heavy atom. The van der Waals surface area contributed by atoms with Crippen molar-refractivity contribution in [2.45, 2.75) is 31.6 Å². The molecule has 2 heterocycles. The largest absolute Gasteiger partial charge is 0.333 e. The second kappa shape index (κ2) is 7.22. The molecule has 8 nitrogen and oxygen atoms in total. The van der Waals surface area contributed by atoms with E-state index in [1.54, 1.807) is 12.1 Å². The molecule has 0 unspecified atom stereocenters. The van der Waals surface area contributed by atoms with Crippen molar-refractivity contribution < 1.29 is 19.2 Å². The quantitative estimate of drug-likeness (QED) is 0.589. The van der Waals surface area contributed by atoms with E-state index in [9.17, 15) is 14.4 Å². The highest BCUT2D eigenvalue weighted by Gasteiger charge is 2.38. The number of carbonyl (C=O) groups excluding carboxylic acids is 3. The van der Waals surface area contributed by atoms with E-state index in [0.717, 1.165) is 24.4 Å². The van der Waals surface area contributed by atoms with Gasteiger partial charge in [-0.1, -0.05) is 35.4 Å². The van der Waals surface area contributed by atoms with Crippen molar-refractivity contribution in [2.75, 3.05) is 0 Å². The van der Waals surface area contributed by atoms with Crippen LogP contribution in [0.4, 0.5) is 0 Å². The third kappa shape index (κ3) is 3.16. The highest BCUT2D eigenvalue weighted by atomic mass is 16.7. The molecule has 30 heavy (non-hydrogen) atoms. The van der Waals surface area contributed by atoms with Crippen LogP contribution in [0.15, 0.2) is 54.6 Å². The predicted molar refractivity (Wildman–Crippen MR) is 105 cm³/mol. The number of aryl methyl sites for hydroxylation is 1. The molecule has 1 aromatic heterocycles. The zero-order chi connectivity index (χ0) is 20.7. The average molecular weight is 402 g/mol. The van der Waals surface area contributed by atoms with Crippen LogP contribution in [0.2, 0.25) is 0 Å². The lowest BCUT2D eigenvalue weighted by atomic mass is 10.1. The van der Waals surface area contributed by atoms with Gasteiger partial charge in [0.2, 0.25) is 0 Å². The maximum Gasteiger partial charge on any atom is 0.333 e. The molecule has 2 aliphatic rings. The fourth-order valence-electron chi connectivity index (χ4n) is 3.57. The maximum absolute atomic E-state index is 12.4. The number of aromatic nitrogens is 3. The van der Waals surface area contributed by atoms with E-state index < -0.39 is 17.8 Å². The molecule has 0 bridgehead atoms. The van der Waals surface area contributed by atoms with Crippen molar-refractivity contribution in [3.63, 3.8) is 0 Å². The summed E-state index contributed by atoms with van der Waals surface area (Å²) in [6.07, 6.45) is 2.39. The zero-order valence-corrected chi connectivity index (χ0v) is 16.0. The number of para-hydroxylation sites is 1. The lowest BCUT2D eigenvalue weighted by Crippen LogP contribution is -2.32. The van der Waals surface area contributed by atoms with Crippen molar-refractivity contribution in [1.82, 2.24) is 19.8 Å². The molecule has 5 rings (SSSR count). The molecule has 1 saturated carbocycles. The summed E-state index contributed by atoms with van der Waals surface area (Å²) in [6.45, 7) is 0. The van der Waals surface area contributed by atoms with Crippen LogP contribution in [0.5, 0.6) is 0 Å². The molecule has 0 spiro atoms. The van der Waals surface area contributed by atoms with E-state index in [1.807, 2.05) is 34.9 Å². The summed E-state index contributed by atoms with van der Waals surface area (Å²) in [5.74, 6) is -0.0241. The van der Waals surface area contributed by atoms with E-state index in [-0.39, 0.29) is 24.0 Å². The third-order valence-electron chi connectivity index (χ3n) is 5.21. The molecule has 0 saturated heterocycles. The van der Waals surface area contributed by atoms with E-state index >= 15 is 0 Å². The number of benzene rings is 2. The van der Waals surface area contributed by atoms with Gasteiger partial charge in [0.15, 0.2) is 0 Å². The molecular weight excluding hydrogens is 384 g/mol. The van der Waals surface area contributed by atoms with Crippen LogP contribution in [0.3, 0.4) is 0 Å². The Morgan fingerprint density at radius 2 is 1.57 bits per heavy atom. The topological polar surface area (TPSA) is 94.4 Å². The number of amides is 2. The first-order valence-electron chi connectivity index (χ1n) is 9.81. The Hall–Kier alpha value is -3.81. The Labute approximate surface area is 172 Å². The minimum absolute atomic E-state index is 0.0387. The average Bonchev–Trinajstić information content (AvgIpc) is 3.49. The van der Waals surface area contributed by atoms with E-state index in [4.69, 9.17) is 4.84 Å². The SMILES string of the molecule is O=C(CCc1nnc(C2CC2)n1-c1ccccc1)ON1C(=O)c2ccccc2C1=O. The van der Waals surface area contributed by atoms with E-state index in [1.165, 1.54) is 12.1 Å². The highest BCUT2D eigenvalue weighted by molar-refractivity contribution is 6.20. The van der Waals surface area contributed by atoms with Gasteiger partial charge in [-0.2, -0.15) is 0 Å². The Bertz CT molecular complexity index is 1120. The summed E-state index contributed by atoms with van der Waals surface area (Å²) in [6, 6.07) is 16.1. The van der Waals surface area contributed by atoms with E-state index in [2.05, 4.69) is 10.2 Å². The second-order valence-corrected chi connectivity index (χ2v) is 7.33. The van der Waals surface area contributed by atoms with Gasteiger partial charge >= 0.3 is 5.97 Å². The Balaban J connectivity index is 1.30. The molecular formula is C22H18N4O4. The normalized spacial score (nSPS) is 15.4. The van der Waals surface area contributed by atoms with Gasteiger partial charge in [0, 0.05) is 18.0 Å². The molecule has 8 heteroatoms. The summed E-state index contributed by atoms with van der Waals surface area (Å²) < 4.78 is 1.98. The van der Waals surface area contributed by atoms with Crippen molar-refractivity contribution in [3.05, 3.63) is 77.4 Å². The van der Waals surface area contributed by atoms with Crippen molar-refractivity contribution in [1.29, 1.82) is 0 Å². The van der Waals surface area contributed by atoms with Crippen molar-refractivity contribution in [2.24, 2.45) is 0 Å². The van der Waals surface area contributed by atoms with Gasteiger partial charge < -0.3 is 4.84 Å². The maximum atomic E-state index is 12.4. The summed E-state index contributed by atoms with van der Waals surface area (Å²) in [7, 11) is 0. The third-order valence-corrected chi connectivity index (χ3v) is 5.21. The van der Waals surface area contributed by atoms with Gasteiger partial charge in [-0.3, -0.25) is 14.2 Å².